The molecule has 2 aromatic rings. The van der Waals surface area contributed by atoms with Crippen LogP contribution in [0.2, 0.25) is 0 Å². The van der Waals surface area contributed by atoms with Gasteiger partial charge in [0.25, 0.3) is 0 Å². The summed E-state index contributed by atoms with van der Waals surface area (Å²) in [4.78, 5) is 0. The smallest absolute Gasteiger partial charge is 0.0419 e. The largest absolute Gasteiger partial charge is 0.0830 e. The highest BCUT2D eigenvalue weighted by molar-refractivity contribution is 5.50. The molecule has 0 saturated carbocycles. The van der Waals surface area contributed by atoms with Gasteiger partial charge < -0.3 is 0 Å². The molecule has 0 aliphatic heterocycles. The van der Waals surface area contributed by atoms with E-state index in [1.165, 1.54) is 35.1 Å². The van der Waals surface area contributed by atoms with Crippen LogP contribution in [-0.2, 0) is 5.41 Å². The highest BCUT2D eigenvalue weighted by Crippen LogP contribution is 2.42. The summed E-state index contributed by atoms with van der Waals surface area (Å²) in [6.45, 7) is 9.28. The van der Waals surface area contributed by atoms with E-state index in [4.69, 9.17) is 0 Å². The number of hydrogen-bond donors (Lipinski definition) is 0. The topological polar surface area (TPSA) is 0 Å². The van der Waals surface area contributed by atoms with Crippen molar-refractivity contribution in [1.29, 1.82) is 0 Å². The van der Waals surface area contributed by atoms with Crippen LogP contribution in [-0.4, -0.2) is 0 Å². The van der Waals surface area contributed by atoms with Crippen LogP contribution in [0, 0.1) is 0 Å². The van der Waals surface area contributed by atoms with E-state index in [1.54, 1.807) is 0 Å². The van der Waals surface area contributed by atoms with Crippen molar-refractivity contribution in [3.8, 4) is 0 Å². The zero-order chi connectivity index (χ0) is 18.6. The molecule has 1 aliphatic rings. The molecule has 2 aromatic carbocycles. The van der Waals surface area contributed by atoms with Gasteiger partial charge in [-0.3, -0.25) is 0 Å². The molecular formula is C26H32. The minimum Gasteiger partial charge on any atom is -0.0830 e. The fraction of sp³-hybridized carbons (Fsp3) is 0.385. The molecule has 3 atom stereocenters. The lowest BCUT2D eigenvalue weighted by atomic mass is 9.69. The number of rotatable bonds is 6. The first-order valence-electron chi connectivity index (χ1n) is 10.2. The molecule has 26 heavy (non-hydrogen) atoms. The first-order chi connectivity index (χ1) is 12.6. The van der Waals surface area contributed by atoms with E-state index in [2.05, 4.69) is 101 Å². The van der Waals surface area contributed by atoms with Crippen molar-refractivity contribution >= 4 is 0 Å². The molecule has 0 heterocycles. The summed E-state index contributed by atoms with van der Waals surface area (Å²) in [5.74, 6) is 1.18. The van der Waals surface area contributed by atoms with E-state index >= 15 is 0 Å². The second-order valence-electron chi connectivity index (χ2n) is 7.84. The second kappa shape index (κ2) is 8.08. The summed E-state index contributed by atoms with van der Waals surface area (Å²) in [6, 6.07) is 18.4. The van der Waals surface area contributed by atoms with Gasteiger partial charge >= 0.3 is 0 Å². The molecule has 0 fully saturated rings. The summed E-state index contributed by atoms with van der Waals surface area (Å²) in [6.07, 6.45) is 12.5. The molecule has 0 saturated heterocycles. The summed E-state index contributed by atoms with van der Waals surface area (Å²) in [7, 11) is 0. The molecule has 0 nitrogen and oxygen atoms in total. The average Bonchev–Trinajstić information content (AvgIpc) is 2.73. The number of benzene rings is 2. The highest BCUT2D eigenvalue weighted by Gasteiger charge is 2.32. The Bertz CT molecular complexity index is 753. The van der Waals surface area contributed by atoms with Gasteiger partial charge in [-0.25, -0.2) is 0 Å². The summed E-state index contributed by atoms with van der Waals surface area (Å²) in [5.41, 5.74) is 5.74. The molecule has 3 rings (SSSR count). The number of allylic oxidation sites excluding steroid dienone is 4. The fourth-order valence-electron chi connectivity index (χ4n) is 3.93. The van der Waals surface area contributed by atoms with Crippen molar-refractivity contribution in [2.75, 3.05) is 0 Å². The van der Waals surface area contributed by atoms with Crippen molar-refractivity contribution in [1.82, 2.24) is 0 Å². The Morgan fingerprint density at radius 3 is 1.92 bits per heavy atom. The molecule has 1 aliphatic carbocycles. The van der Waals surface area contributed by atoms with Crippen LogP contribution in [0.4, 0.5) is 0 Å². The second-order valence-corrected chi connectivity index (χ2v) is 7.84. The van der Waals surface area contributed by atoms with E-state index in [0.29, 0.717) is 11.8 Å². The quantitative estimate of drug-likeness (QED) is 0.508. The molecule has 3 unspecified atom stereocenters. The maximum atomic E-state index is 2.47. The summed E-state index contributed by atoms with van der Waals surface area (Å²) < 4.78 is 0. The third-order valence-electron chi connectivity index (χ3n) is 6.21. The average molecular weight is 345 g/mol. The lowest BCUT2D eigenvalue weighted by Crippen LogP contribution is -2.26. The molecule has 0 heteroatoms. The monoisotopic (exact) mass is 344 g/mol. The molecular weight excluding hydrogens is 312 g/mol. The van der Waals surface area contributed by atoms with Gasteiger partial charge in [0, 0.05) is 5.41 Å². The lowest BCUT2D eigenvalue weighted by Gasteiger charge is -2.34. The molecule has 0 aromatic heterocycles. The Balaban J connectivity index is 2.21. The Kier molecular flexibility index (Phi) is 5.81. The first-order valence-corrected chi connectivity index (χ1v) is 10.2. The Morgan fingerprint density at radius 2 is 1.42 bits per heavy atom. The Morgan fingerprint density at radius 1 is 0.808 bits per heavy atom. The fourth-order valence-corrected chi connectivity index (χ4v) is 3.93. The van der Waals surface area contributed by atoms with Crippen molar-refractivity contribution in [2.24, 2.45) is 0 Å². The molecule has 0 N–H and O–H groups in total. The van der Waals surface area contributed by atoms with Gasteiger partial charge in [-0.1, -0.05) is 101 Å². The van der Waals surface area contributed by atoms with Gasteiger partial charge in [0.15, 0.2) is 0 Å². The van der Waals surface area contributed by atoms with E-state index in [9.17, 15) is 0 Å². The van der Waals surface area contributed by atoms with Gasteiger partial charge in [0.2, 0.25) is 0 Å². The van der Waals surface area contributed by atoms with Gasteiger partial charge in [0.1, 0.15) is 0 Å². The van der Waals surface area contributed by atoms with Crippen molar-refractivity contribution in [2.45, 2.75) is 64.2 Å². The summed E-state index contributed by atoms with van der Waals surface area (Å²) >= 11 is 0. The van der Waals surface area contributed by atoms with Crippen LogP contribution in [0.3, 0.4) is 0 Å². The third-order valence-corrected chi connectivity index (χ3v) is 6.21. The van der Waals surface area contributed by atoms with E-state index < -0.39 is 0 Å². The molecule has 0 radical (unpaired) electrons. The molecule has 136 valence electrons. The zero-order valence-corrected chi connectivity index (χ0v) is 16.7. The molecule has 0 amide bonds. The van der Waals surface area contributed by atoms with E-state index in [1.807, 2.05) is 0 Å². The third kappa shape index (κ3) is 3.56. The molecule has 0 bridgehead atoms. The highest BCUT2D eigenvalue weighted by atomic mass is 14.3. The van der Waals surface area contributed by atoms with E-state index in [0.717, 1.165) is 6.42 Å². The minimum absolute atomic E-state index is 0.0539. The van der Waals surface area contributed by atoms with Crippen LogP contribution in [0.5, 0.6) is 0 Å². The van der Waals surface area contributed by atoms with E-state index in [-0.39, 0.29) is 5.41 Å². The van der Waals surface area contributed by atoms with Crippen molar-refractivity contribution in [3.05, 3.63) is 95.1 Å². The normalized spacial score (nSPS) is 21.5. The lowest BCUT2D eigenvalue weighted by molar-refractivity contribution is 0.636. The van der Waals surface area contributed by atoms with Gasteiger partial charge in [0.05, 0.1) is 0 Å². The SMILES string of the molecule is CCC(C)c1cc(C(C)CC)cc(C2(c3ccccc3)C=CC=CC2)c1. The Hall–Kier alpha value is -2.08. The van der Waals surface area contributed by atoms with Crippen LogP contribution in [0.25, 0.3) is 0 Å². The van der Waals surface area contributed by atoms with Gasteiger partial charge in [-0.05, 0) is 53.4 Å². The van der Waals surface area contributed by atoms with Crippen molar-refractivity contribution < 1.29 is 0 Å². The van der Waals surface area contributed by atoms with Crippen LogP contribution in [0.15, 0.2) is 72.8 Å². The zero-order valence-electron chi connectivity index (χ0n) is 16.7. The predicted octanol–water partition coefficient (Wildman–Crippen LogP) is 7.52. The standard InChI is InChI=1S/C26H32/c1-5-20(3)22-17-23(21(4)6-2)19-25(18-22)26(15-11-8-12-16-26)24-13-9-7-10-14-24/h7-15,17-21H,5-6,16H2,1-4H3. The van der Waals surface area contributed by atoms with Crippen molar-refractivity contribution in [3.63, 3.8) is 0 Å². The molecule has 0 spiro atoms. The van der Waals surface area contributed by atoms with Crippen LogP contribution >= 0.6 is 0 Å². The maximum Gasteiger partial charge on any atom is 0.0419 e. The minimum atomic E-state index is -0.0539. The predicted molar refractivity (Wildman–Crippen MR) is 114 cm³/mol. The van der Waals surface area contributed by atoms with Crippen LogP contribution < -0.4 is 0 Å². The summed E-state index contributed by atoms with van der Waals surface area (Å²) in [5, 5.41) is 0. The van der Waals surface area contributed by atoms with Gasteiger partial charge in [-0.2, -0.15) is 0 Å². The Labute approximate surface area is 159 Å². The maximum absolute atomic E-state index is 2.47. The van der Waals surface area contributed by atoms with Crippen LogP contribution in [0.1, 0.15) is 81.0 Å². The van der Waals surface area contributed by atoms with Gasteiger partial charge in [-0.15, -0.1) is 0 Å². The number of hydrogen-bond acceptors (Lipinski definition) is 0. The first kappa shape index (κ1) is 18.7.